The third-order valence-electron chi connectivity index (χ3n) is 3.97. The highest BCUT2D eigenvalue weighted by Gasteiger charge is 2.21. The third kappa shape index (κ3) is 2.63. The second-order valence-electron chi connectivity index (χ2n) is 5.34. The van der Waals surface area contributed by atoms with Crippen LogP contribution in [0.4, 0.5) is 5.69 Å². The van der Waals surface area contributed by atoms with E-state index in [1.165, 1.54) is 0 Å². The van der Waals surface area contributed by atoms with Crippen LogP contribution in [0.2, 0.25) is 0 Å². The van der Waals surface area contributed by atoms with E-state index < -0.39 is 5.97 Å². The predicted octanol–water partition coefficient (Wildman–Crippen LogP) is 4.20. The van der Waals surface area contributed by atoms with Gasteiger partial charge in [-0.05, 0) is 24.1 Å². The summed E-state index contributed by atoms with van der Waals surface area (Å²) in [4.78, 5) is 16.5. The number of benzene rings is 2. The quantitative estimate of drug-likeness (QED) is 0.758. The van der Waals surface area contributed by atoms with Crippen molar-refractivity contribution in [2.45, 2.75) is 13.3 Å². The van der Waals surface area contributed by atoms with Crippen molar-refractivity contribution in [3.05, 3.63) is 59.7 Å². The number of hydrogen-bond acceptors (Lipinski definition) is 3. The van der Waals surface area contributed by atoms with Crippen LogP contribution in [0.3, 0.4) is 0 Å². The highest BCUT2D eigenvalue weighted by molar-refractivity contribution is 6.09. The Morgan fingerprint density at radius 2 is 1.91 bits per heavy atom. The summed E-state index contributed by atoms with van der Waals surface area (Å²) in [7, 11) is 1.74. The molecule has 1 heterocycles. The zero-order valence-corrected chi connectivity index (χ0v) is 13.1. The standard InChI is InChI=1S/C19H18N2O2/c1-3-12-9-10-15-14(11-12)18(20-2)16(19(22)23)17(21-15)13-7-5-4-6-8-13/h4-11H,3H2,1-2H3,(H,20,21)(H,22,23). The molecule has 23 heavy (non-hydrogen) atoms. The lowest BCUT2D eigenvalue weighted by atomic mass is 9.99. The lowest BCUT2D eigenvalue weighted by Crippen LogP contribution is -2.08. The maximum absolute atomic E-state index is 11.9. The second kappa shape index (κ2) is 6.08. The van der Waals surface area contributed by atoms with Gasteiger partial charge in [-0.15, -0.1) is 0 Å². The maximum atomic E-state index is 11.9. The van der Waals surface area contributed by atoms with Crippen LogP contribution >= 0.6 is 0 Å². The first-order valence-corrected chi connectivity index (χ1v) is 7.58. The minimum Gasteiger partial charge on any atom is -0.478 e. The summed E-state index contributed by atoms with van der Waals surface area (Å²) in [5.41, 5.74) is 4.04. The molecule has 0 bridgehead atoms. The average molecular weight is 306 g/mol. The van der Waals surface area contributed by atoms with E-state index in [2.05, 4.69) is 17.2 Å². The number of aromatic carboxylic acids is 1. The number of nitrogens with one attached hydrogen (secondary N) is 1. The van der Waals surface area contributed by atoms with E-state index >= 15 is 0 Å². The zero-order chi connectivity index (χ0) is 16.4. The Morgan fingerprint density at radius 3 is 2.52 bits per heavy atom. The first-order chi connectivity index (χ1) is 11.2. The highest BCUT2D eigenvalue weighted by atomic mass is 16.4. The fourth-order valence-corrected chi connectivity index (χ4v) is 2.80. The molecule has 0 atom stereocenters. The minimum atomic E-state index is -0.982. The molecule has 0 aliphatic rings. The first-order valence-electron chi connectivity index (χ1n) is 7.58. The minimum absolute atomic E-state index is 0.208. The molecular formula is C19H18N2O2. The van der Waals surface area contributed by atoms with Crippen molar-refractivity contribution < 1.29 is 9.90 Å². The third-order valence-corrected chi connectivity index (χ3v) is 3.97. The molecule has 0 fully saturated rings. The van der Waals surface area contributed by atoms with Crippen LogP contribution in [-0.2, 0) is 6.42 Å². The van der Waals surface area contributed by atoms with E-state index in [4.69, 9.17) is 0 Å². The van der Waals surface area contributed by atoms with Gasteiger partial charge in [0.1, 0.15) is 5.56 Å². The van der Waals surface area contributed by atoms with Crippen molar-refractivity contribution in [1.29, 1.82) is 0 Å². The Morgan fingerprint density at radius 1 is 1.17 bits per heavy atom. The number of pyridine rings is 1. The van der Waals surface area contributed by atoms with Gasteiger partial charge in [0.15, 0.2) is 0 Å². The summed E-state index contributed by atoms with van der Waals surface area (Å²) >= 11 is 0. The fraction of sp³-hybridized carbons (Fsp3) is 0.158. The zero-order valence-electron chi connectivity index (χ0n) is 13.1. The topological polar surface area (TPSA) is 62.2 Å². The van der Waals surface area contributed by atoms with Crippen molar-refractivity contribution in [3.63, 3.8) is 0 Å². The predicted molar refractivity (Wildman–Crippen MR) is 93.1 cm³/mol. The molecule has 4 nitrogen and oxygen atoms in total. The van der Waals surface area contributed by atoms with E-state index in [9.17, 15) is 9.90 Å². The number of aryl methyl sites for hydroxylation is 1. The second-order valence-corrected chi connectivity index (χ2v) is 5.34. The number of rotatable bonds is 4. The molecule has 0 unspecified atom stereocenters. The van der Waals surface area contributed by atoms with Gasteiger partial charge in [0.2, 0.25) is 0 Å². The maximum Gasteiger partial charge on any atom is 0.340 e. The molecular weight excluding hydrogens is 288 g/mol. The number of anilines is 1. The molecule has 0 saturated carbocycles. The summed E-state index contributed by atoms with van der Waals surface area (Å²) in [5, 5.41) is 13.6. The summed E-state index contributed by atoms with van der Waals surface area (Å²) in [6.45, 7) is 2.07. The Hall–Kier alpha value is -2.88. The van der Waals surface area contributed by atoms with Crippen molar-refractivity contribution >= 4 is 22.6 Å². The Balaban J connectivity index is 2.41. The molecule has 0 aliphatic carbocycles. The largest absolute Gasteiger partial charge is 0.478 e. The van der Waals surface area contributed by atoms with Crippen LogP contribution in [0.25, 0.3) is 22.2 Å². The van der Waals surface area contributed by atoms with Crippen LogP contribution in [0.1, 0.15) is 22.8 Å². The summed E-state index contributed by atoms with van der Waals surface area (Å²) in [6.07, 6.45) is 0.891. The molecule has 0 amide bonds. The lowest BCUT2D eigenvalue weighted by molar-refractivity contribution is 0.0698. The number of hydrogen-bond donors (Lipinski definition) is 2. The summed E-state index contributed by atoms with van der Waals surface area (Å²) in [5.74, 6) is -0.982. The molecule has 2 aromatic carbocycles. The lowest BCUT2D eigenvalue weighted by Gasteiger charge is -2.15. The van der Waals surface area contributed by atoms with Crippen molar-refractivity contribution in [2.24, 2.45) is 0 Å². The number of aromatic nitrogens is 1. The summed E-state index contributed by atoms with van der Waals surface area (Å²) in [6, 6.07) is 15.4. The van der Waals surface area contributed by atoms with Crippen LogP contribution in [0.15, 0.2) is 48.5 Å². The molecule has 0 aliphatic heterocycles. The molecule has 0 radical (unpaired) electrons. The van der Waals surface area contributed by atoms with E-state index in [-0.39, 0.29) is 5.56 Å². The molecule has 2 N–H and O–H groups in total. The monoisotopic (exact) mass is 306 g/mol. The van der Waals surface area contributed by atoms with Crippen molar-refractivity contribution in [2.75, 3.05) is 12.4 Å². The number of fused-ring (bicyclic) bond motifs is 1. The van der Waals surface area contributed by atoms with Gasteiger partial charge in [-0.25, -0.2) is 9.78 Å². The van der Waals surface area contributed by atoms with Gasteiger partial charge in [0, 0.05) is 18.0 Å². The number of nitrogens with zero attached hydrogens (tertiary/aromatic N) is 1. The van der Waals surface area contributed by atoms with Gasteiger partial charge in [0.25, 0.3) is 0 Å². The Kier molecular flexibility index (Phi) is 3.98. The number of carbonyl (C=O) groups is 1. The molecule has 3 aromatic rings. The molecule has 3 rings (SSSR count). The van der Waals surface area contributed by atoms with Gasteiger partial charge in [-0.1, -0.05) is 43.3 Å². The molecule has 0 spiro atoms. The fourth-order valence-electron chi connectivity index (χ4n) is 2.80. The van der Waals surface area contributed by atoms with Crippen LogP contribution < -0.4 is 5.32 Å². The molecule has 1 aromatic heterocycles. The smallest absolute Gasteiger partial charge is 0.340 e. The van der Waals surface area contributed by atoms with Crippen LogP contribution in [0.5, 0.6) is 0 Å². The van der Waals surface area contributed by atoms with E-state index in [0.717, 1.165) is 28.5 Å². The average Bonchev–Trinajstić information content (AvgIpc) is 2.60. The number of carboxylic acids is 1. The van der Waals surface area contributed by atoms with Gasteiger partial charge in [-0.2, -0.15) is 0 Å². The molecule has 116 valence electrons. The SMILES string of the molecule is CCc1ccc2nc(-c3ccccc3)c(C(=O)O)c(NC)c2c1. The van der Waals surface area contributed by atoms with Gasteiger partial charge in [-0.3, -0.25) is 0 Å². The molecule has 4 heteroatoms. The number of carboxylic acid groups (broad SMARTS) is 1. The van der Waals surface area contributed by atoms with Gasteiger partial charge < -0.3 is 10.4 Å². The van der Waals surface area contributed by atoms with Crippen molar-refractivity contribution in [1.82, 2.24) is 4.98 Å². The highest BCUT2D eigenvalue weighted by Crippen LogP contribution is 2.34. The Labute approximate surface area is 134 Å². The van der Waals surface area contributed by atoms with Crippen LogP contribution in [0, 0.1) is 0 Å². The Bertz CT molecular complexity index is 873. The van der Waals surface area contributed by atoms with Gasteiger partial charge in [0.05, 0.1) is 16.9 Å². The van der Waals surface area contributed by atoms with E-state index in [1.54, 1.807) is 7.05 Å². The normalized spacial score (nSPS) is 10.7. The van der Waals surface area contributed by atoms with Crippen LogP contribution in [-0.4, -0.2) is 23.1 Å². The van der Waals surface area contributed by atoms with E-state index in [1.807, 2.05) is 48.5 Å². The molecule has 0 saturated heterocycles. The van der Waals surface area contributed by atoms with Gasteiger partial charge >= 0.3 is 5.97 Å². The van der Waals surface area contributed by atoms with Crippen molar-refractivity contribution in [3.8, 4) is 11.3 Å². The first kappa shape index (κ1) is 15.0. The van der Waals surface area contributed by atoms with E-state index in [0.29, 0.717) is 11.4 Å². The summed E-state index contributed by atoms with van der Waals surface area (Å²) < 4.78 is 0.